The molecule has 0 atom stereocenters. The van der Waals surface area contributed by atoms with E-state index in [1.54, 1.807) is 0 Å². The summed E-state index contributed by atoms with van der Waals surface area (Å²) in [5.41, 5.74) is 1.25. The van der Waals surface area contributed by atoms with E-state index in [1.807, 2.05) is 7.05 Å². The van der Waals surface area contributed by atoms with E-state index in [1.165, 1.54) is 44.1 Å². The summed E-state index contributed by atoms with van der Waals surface area (Å²) in [5.74, 6) is 0.952. The summed E-state index contributed by atoms with van der Waals surface area (Å²) in [4.78, 5) is 9.39. The molecule has 0 aromatic carbocycles. The maximum absolute atomic E-state index is 4.39. The van der Waals surface area contributed by atoms with Crippen LogP contribution in [0.1, 0.15) is 45.4 Å². The fourth-order valence-corrected chi connectivity index (χ4v) is 3.88. The van der Waals surface area contributed by atoms with Gasteiger partial charge in [-0.15, -0.1) is 24.0 Å². The van der Waals surface area contributed by atoms with Gasteiger partial charge in [0.15, 0.2) is 5.96 Å². The molecule has 1 aliphatic carbocycles. The summed E-state index contributed by atoms with van der Waals surface area (Å²) >= 11 is 0. The first kappa shape index (κ1) is 22.7. The van der Waals surface area contributed by atoms with Gasteiger partial charge in [-0.2, -0.15) is 0 Å². The minimum absolute atomic E-state index is 0. The SMILES string of the molecule is C=C(C)CN1CCC(NC(=NC)NCCN(C)C2CCCC2)CC1.I. The van der Waals surface area contributed by atoms with Gasteiger partial charge in [-0.1, -0.05) is 25.0 Å². The van der Waals surface area contributed by atoms with E-state index in [2.05, 4.69) is 46.0 Å². The van der Waals surface area contributed by atoms with Gasteiger partial charge in [-0.25, -0.2) is 0 Å². The third-order valence-corrected chi connectivity index (χ3v) is 5.35. The van der Waals surface area contributed by atoms with E-state index in [9.17, 15) is 0 Å². The van der Waals surface area contributed by atoms with Crippen molar-refractivity contribution < 1.29 is 0 Å². The molecule has 0 bridgehead atoms. The number of likely N-dealkylation sites (tertiary alicyclic amines) is 1. The van der Waals surface area contributed by atoms with Gasteiger partial charge in [0.1, 0.15) is 0 Å². The number of piperidine rings is 1. The van der Waals surface area contributed by atoms with Crippen molar-refractivity contribution in [1.29, 1.82) is 0 Å². The van der Waals surface area contributed by atoms with Crippen LogP contribution in [0.5, 0.6) is 0 Å². The molecule has 6 heteroatoms. The molecule has 2 aliphatic rings. The van der Waals surface area contributed by atoms with Crippen LogP contribution >= 0.6 is 24.0 Å². The van der Waals surface area contributed by atoms with Gasteiger partial charge >= 0.3 is 0 Å². The van der Waals surface area contributed by atoms with Gasteiger partial charge in [0.05, 0.1) is 0 Å². The van der Waals surface area contributed by atoms with Crippen LogP contribution in [0, 0.1) is 0 Å². The van der Waals surface area contributed by atoms with E-state index < -0.39 is 0 Å². The number of guanidine groups is 1. The highest BCUT2D eigenvalue weighted by Crippen LogP contribution is 2.21. The van der Waals surface area contributed by atoms with Crippen molar-refractivity contribution in [2.24, 2.45) is 4.99 Å². The zero-order valence-electron chi connectivity index (χ0n) is 16.4. The van der Waals surface area contributed by atoms with Crippen molar-refractivity contribution in [3.8, 4) is 0 Å². The molecule has 2 N–H and O–H groups in total. The molecule has 0 radical (unpaired) electrons. The number of hydrogen-bond acceptors (Lipinski definition) is 3. The smallest absolute Gasteiger partial charge is 0.191 e. The average molecular weight is 463 g/mol. The Labute approximate surface area is 171 Å². The Morgan fingerprint density at radius 3 is 2.40 bits per heavy atom. The molecule has 0 aromatic heterocycles. The Morgan fingerprint density at radius 2 is 1.84 bits per heavy atom. The molecule has 1 aliphatic heterocycles. The number of rotatable bonds is 7. The number of nitrogens with one attached hydrogen (secondary N) is 2. The second kappa shape index (κ2) is 12.1. The lowest BCUT2D eigenvalue weighted by Crippen LogP contribution is -2.50. The van der Waals surface area contributed by atoms with Gasteiger partial charge < -0.3 is 15.5 Å². The van der Waals surface area contributed by atoms with Crippen molar-refractivity contribution in [1.82, 2.24) is 20.4 Å². The maximum atomic E-state index is 4.39. The zero-order chi connectivity index (χ0) is 17.4. The van der Waals surface area contributed by atoms with Gasteiger partial charge in [0, 0.05) is 51.9 Å². The van der Waals surface area contributed by atoms with E-state index >= 15 is 0 Å². The van der Waals surface area contributed by atoms with Crippen LogP contribution in [-0.2, 0) is 0 Å². The van der Waals surface area contributed by atoms with Crippen LogP contribution < -0.4 is 10.6 Å². The predicted octanol–water partition coefficient (Wildman–Crippen LogP) is 2.68. The molecule has 25 heavy (non-hydrogen) atoms. The molecule has 0 aromatic rings. The predicted molar refractivity (Wildman–Crippen MR) is 119 cm³/mol. The lowest BCUT2D eigenvalue weighted by molar-refractivity contribution is 0.220. The van der Waals surface area contributed by atoms with Crippen LogP contribution in [-0.4, -0.2) is 74.7 Å². The molecule has 146 valence electrons. The largest absolute Gasteiger partial charge is 0.355 e. The summed E-state index contributed by atoms with van der Waals surface area (Å²) in [6, 6.07) is 1.32. The van der Waals surface area contributed by atoms with Crippen molar-refractivity contribution in [2.75, 3.05) is 46.8 Å². The summed E-state index contributed by atoms with van der Waals surface area (Å²) in [5, 5.41) is 7.08. The molecule has 5 nitrogen and oxygen atoms in total. The highest BCUT2D eigenvalue weighted by Gasteiger charge is 2.21. The van der Waals surface area contributed by atoms with Crippen molar-refractivity contribution in [3.63, 3.8) is 0 Å². The summed E-state index contributed by atoms with van der Waals surface area (Å²) in [6.45, 7) is 11.5. The van der Waals surface area contributed by atoms with Crippen LogP contribution in [0.4, 0.5) is 0 Å². The molecule has 2 fully saturated rings. The average Bonchev–Trinajstić information content (AvgIpc) is 3.09. The fourth-order valence-electron chi connectivity index (χ4n) is 3.88. The quantitative estimate of drug-likeness (QED) is 0.264. The second-order valence-electron chi connectivity index (χ2n) is 7.57. The summed E-state index contributed by atoms with van der Waals surface area (Å²) < 4.78 is 0. The van der Waals surface area contributed by atoms with Crippen molar-refractivity contribution in [2.45, 2.75) is 57.5 Å². The van der Waals surface area contributed by atoms with Crippen molar-refractivity contribution >= 4 is 29.9 Å². The molecular formula is C19H38IN5. The van der Waals surface area contributed by atoms with E-state index in [0.29, 0.717) is 6.04 Å². The number of hydrogen-bond donors (Lipinski definition) is 2. The Bertz CT molecular complexity index is 412. The molecule has 1 saturated heterocycles. The van der Waals surface area contributed by atoms with E-state index in [-0.39, 0.29) is 24.0 Å². The first-order valence-corrected chi connectivity index (χ1v) is 9.62. The Morgan fingerprint density at radius 1 is 1.20 bits per heavy atom. The summed E-state index contributed by atoms with van der Waals surface area (Å²) in [7, 11) is 4.12. The minimum Gasteiger partial charge on any atom is -0.355 e. The van der Waals surface area contributed by atoms with Gasteiger partial charge in [-0.3, -0.25) is 9.89 Å². The molecular weight excluding hydrogens is 425 g/mol. The van der Waals surface area contributed by atoms with Gasteiger partial charge in [0.2, 0.25) is 0 Å². The van der Waals surface area contributed by atoms with Crippen LogP contribution in [0.25, 0.3) is 0 Å². The third kappa shape index (κ3) is 8.26. The molecule has 0 unspecified atom stereocenters. The monoisotopic (exact) mass is 463 g/mol. The first-order chi connectivity index (χ1) is 11.6. The molecule has 2 rings (SSSR count). The Balaban J connectivity index is 0.00000312. The van der Waals surface area contributed by atoms with Crippen LogP contribution in [0.15, 0.2) is 17.1 Å². The fraction of sp³-hybridized carbons (Fsp3) is 0.842. The Kier molecular flexibility index (Phi) is 11.0. The first-order valence-electron chi connectivity index (χ1n) is 9.62. The highest BCUT2D eigenvalue weighted by atomic mass is 127. The number of aliphatic imine (C=N–C) groups is 1. The molecule has 1 saturated carbocycles. The van der Waals surface area contributed by atoms with Crippen molar-refractivity contribution in [3.05, 3.63) is 12.2 Å². The molecule has 0 spiro atoms. The normalized spacial score (nSPS) is 20.6. The Hall–Kier alpha value is -0.340. The van der Waals surface area contributed by atoms with Gasteiger partial charge in [0.25, 0.3) is 0 Å². The third-order valence-electron chi connectivity index (χ3n) is 5.35. The zero-order valence-corrected chi connectivity index (χ0v) is 18.7. The maximum Gasteiger partial charge on any atom is 0.191 e. The number of halogens is 1. The van der Waals surface area contributed by atoms with Crippen LogP contribution in [0.2, 0.25) is 0 Å². The summed E-state index contributed by atoms with van der Waals surface area (Å²) in [6.07, 6.45) is 7.88. The lowest BCUT2D eigenvalue weighted by Gasteiger charge is -2.33. The standard InChI is InChI=1S/C19H37N5.HI/c1-16(2)15-24-12-9-17(10-13-24)22-19(20-3)21-11-14-23(4)18-7-5-6-8-18;/h17-18H,1,5-15H2,2-4H3,(H2,20,21,22);1H. The lowest BCUT2D eigenvalue weighted by atomic mass is 10.0. The highest BCUT2D eigenvalue weighted by molar-refractivity contribution is 14.0. The molecule has 0 amide bonds. The van der Waals surface area contributed by atoms with Crippen LogP contribution in [0.3, 0.4) is 0 Å². The van der Waals surface area contributed by atoms with E-state index in [4.69, 9.17) is 0 Å². The van der Waals surface area contributed by atoms with E-state index in [0.717, 1.165) is 44.7 Å². The molecule has 1 heterocycles. The minimum atomic E-state index is 0. The van der Waals surface area contributed by atoms with Gasteiger partial charge in [-0.05, 0) is 39.7 Å². The second-order valence-corrected chi connectivity index (χ2v) is 7.57. The number of likely N-dealkylation sites (N-methyl/N-ethyl adjacent to an activating group) is 1. The number of nitrogens with zero attached hydrogens (tertiary/aromatic N) is 3. The topological polar surface area (TPSA) is 42.9 Å².